The minimum Gasteiger partial charge on any atom is -0.507 e. The van der Waals surface area contributed by atoms with Crippen molar-refractivity contribution in [3.63, 3.8) is 0 Å². The van der Waals surface area contributed by atoms with E-state index in [9.17, 15) is 24.6 Å². The number of carboxylic acids is 1. The molecule has 11 heteroatoms. The summed E-state index contributed by atoms with van der Waals surface area (Å²) in [5.74, 6) is -2.54. The highest BCUT2D eigenvalue weighted by Crippen LogP contribution is 2.23. The summed E-state index contributed by atoms with van der Waals surface area (Å²) in [5, 5.41) is 24.1. The van der Waals surface area contributed by atoms with Gasteiger partial charge >= 0.3 is 5.97 Å². The Morgan fingerprint density at radius 2 is 1.90 bits per heavy atom. The molecule has 0 bridgehead atoms. The average Bonchev–Trinajstić information content (AvgIpc) is 2.60. The maximum Gasteiger partial charge on any atom is 0.328 e. The maximum absolute atomic E-state index is 12.3. The Labute approximate surface area is 174 Å². The lowest BCUT2D eigenvalue weighted by Gasteiger charge is -2.20. The van der Waals surface area contributed by atoms with Gasteiger partial charge in [-0.05, 0) is 17.5 Å². The number of carboxylic acid groups (broad SMARTS) is 1. The van der Waals surface area contributed by atoms with Crippen LogP contribution in [-0.4, -0.2) is 59.7 Å². The van der Waals surface area contributed by atoms with E-state index in [-0.39, 0.29) is 48.8 Å². The number of aliphatic imine (C=N–C) groups is 1. The average molecular weight is 423 g/mol. The van der Waals surface area contributed by atoms with E-state index in [0.29, 0.717) is 5.75 Å². The molecular weight excluding hydrogens is 394 g/mol. The molecule has 0 unspecified atom stereocenters. The van der Waals surface area contributed by atoms with Crippen molar-refractivity contribution in [3.8, 4) is 11.5 Å². The number of aromatic hydroxyl groups is 1. The normalized spacial score (nSPS) is 11.8. The van der Waals surface area contributed by atoms with Gasteiger partial charge in [-0.1, -0.05) is 20.8 Å². The summed E-state index contributed by atoms with van der Waals surface area (Å²) in [6.07, 6.45) is 0.135. The number of hydrogen-bond acceptors (Lipinski definition) is 6. The van der Waals surface area contributed by atoms with Crippen LogP contribution in [0.2, 0.25) is 0 Å². The van der Waals surface area contributed by atoms with Gasteiger partial charge in [-0.2, -0.15) is 0 Å². The number of aliphatic carboxylic acids is 1. The van der Waals surface area contributed by atoms with E-state index < -0.39 is 23.8 Å². The summed E-state index contributed by atoms with van der Waals surface area (Å²) >= 11 is 0. The van der Waals surface area contributed by atoms with E-state index in [1.807, 2.05) is 20.8 Å². The van der Waals surface area contributed by atoms with Gasteiger partial charge in [0, 0.05) is 19.0 Å². The lowest BCUT2D eigenvalue weighted by molar-refractivity contribution is -0.141. The van der Waals surface area contributed by atoms with Crippen LogP contribution < -0.4 is 26.8 Å². The van der Waals surface area contributed by atoms with Crippen molar-refractivity contribution in [3.05, 3.63) is 23.8 Å². The third-order valence-electron chi connectivity index (χ3n) is 3.66. The van der Waals surface area contributed by atoms with Gasteiger partial charge < -0.3 is 37.1 Å². The smallest absolute Gasteiger partial charge is 0.328 e. The van der Waals surface area contributed by atoms with Gasteiger partial charge in [0.15, 0.2) is 5.96 Å². The van der Waals surface area contributed by atoms with Crippen molar-refractivity contribution < 1.29 is 29.3 Å². The number of nitrogens with one attached hydrogen (secondary N) is 2. The number of amides is 2. The molecule has 1 aromatic carbocycles. The molecule has 1 atom stereocenters. The molecule has 8 N–H and O–H groups in total. The summed E-state index contributed by atoms with van der Waals surface area (Å²) in [4.78, 5) is 39.4. The van der Waals surface area contributed by atoms with Crippen molar-refractivity contribution in [2.75, 3.05) is 19.7 Å². The number of hydrogen-bond donors (Lipinski definition) is 6. The van der Waals surface area contributed by atoms with Gasteiger partial charge in [0.05, 0.1) is 12.1 Å². The van der Waals surface area contributed by atoms with Crippen molar-refractivity contribution >= 4 is 23.7 Å². The first kappa shape index (κ1) is 24.5. The second-order valence-corrected chi connectivity index (χ2v) is 7.74. The minimum absolute atomic E-state index is 0.0669. The molecule has 166 valence electrons. The van der Waals surface area contributed by atoms with Gasteiger partial charge in [0.1, 0.15) is 24.1 Å². The van der Waals surface area contributed by atoms with Crippen molar-refractivity contribution in [1.29, 1.82) is 0 Å². The molecule has 2 amide bonds. The minimum atomic E-state index is -1.30. The highest BCUT2D eigenvalue weighted by atomic mass is 16.5. The topological polar surface area (TPSA) is 189 Å². The second-order valence-electron chi connectivity index (χ2n) is 7.74. The van der Waals surface area contributed by atoms with Crippen LogP contribution in [0.5, 0.6) is 11.5 Å². The Morgan fingerprint density at radius 1 is 1.23 bits per heavy atom. The first-order chi connectivity index (χ1) is 13.9. The van der Waals surface area contributed by atoms with Crippen LogP contribution in [0.4, 0.5) is 0 Å². The molecule has 0 aromatic heterocycles. The molecule has 0 aliphatic carbocycles. The Bertz CT molecular complexity index is 799. The number of guanidine groups is 1. The van der Waals surface area contributed by atoms with Gasteiger partial charge in [-0.15, -0.1) is 0 Å². The van der Waals surface area contributed by atoms with Gasteiger partial charge in [-0.3, -0.25) is 14.6 Å². The van der Waals surface area contributed by atoms with E-state index in [4.69, 9.17) is 16.2 Å². The van der Waals surface area contributed by atoms with Crippen LogP contribution in [-0.2, 0) is 9.59 Å². The van der Waals surface area contributed by atoms with E-state index in [0.717, 1.165) is 0 Å². The number of ether oxygens (including phenoxy) is 1. The summed E-state index contributed by atoms with van der Waals surface area (Å²) < 4.78 is 5.35. The van der Waals surface area contributed by atoms with Gasteiger partial charge in [0.25, 0.3) is 5.91 Å². The van der Waals surface area contributed by atoms with Crippen LogP contribution in [0, 0.1) is 5.41 Å². The lowest BCUT2D eigenvalue weighted by atomic mass is 9.92. The summed E-state index contributed by atoms with van der Waals surface area (Å²) in [7, 11) is 0. The summed E-state index contributed by atoms with van der Waals surface area (Å²) in [5.41, 5.74) is 10.0. The van der Waals surface area contributed by atoms with Crippen molar-refractivity contribution in [1.82, 2.24) is 10.6 Å². The quantitative estimate of drug-likeness (QED) is 0.169. The van der Waals surface area contributed by atoms with Crippen molar-refractivity contribution in [2.45, 2.75) is 33.2 Å². The Kier molecular flexibility index (Phi) is 8.90. The number of carbonyl (C=O) groups excluding carboxylic acids is 2. The molecule has 0 heterocycles. The third-order valence-corrected chi connectivity index (χ3v) is 3.66. The zero-order chi connectivity index (χ0) is 22.9. The highest BCUT2D eigenvalue weighted by Gasteiger charge is 2.24. The maximum atomic E-state index is 12.3. The highest BCUT2D eigenvalue weighted by molar-refractivity contribution is 5.97. The molecule has 0 saturated carbocycles. The molecule has 0 aliphatic rings. The van der Waals surface area contributed by atoms with E-state index in [1.54, 1.807) is 0 Å². The van der Waals surface area contributed by atoms with E-state index in [2.05, 4.69) is 15.6 Å². The molecular formula is C19H29N5O6. The monoisotopic (exact) mass is 423 g/mol. The predicted octanol–water partition coefficient (Wildman–Crippen LogP) is -0.220. The van der Waals surface area contributed by atoms with Crippen LogP contribution >= 0.6 is 0 Å². The number of rotatable bonds is 10. The first-order valence-corrected chi connectivity index (χ1v) is 9.20. The molecule has 0 aliphatic heterocycles. The number of nitrogens with two attached hydrogens (primary N) is 2. The number of benzene rings is 1. The number of phenols is 1. The fraction of sp³-hybridized carbons (Fsp3) is 0.474. The van der Waals surface area contributed by atoms with Crippen LogP contribution in [0.25, 0.3) is 0 Å². The lowest BCUT2D eigenvalue weighted by Crippen LogP contribution is -2.49. The zero-order valence-corrected chi connectivity index (χ0v) is 17.3. The van der Waals surface area contributed by atoms with E-state index >= 15 is 0 Å². The fourth-order valence-corrected chi connectivity index (χ4v) is 2.35. The summed E-state index contributed by atoms with van der Waals surface area (Å²) in [6.45, 7) is 5.59. The van der Waals surface area contributed by atoms with Gasteiger partial charge in [0.2, 0.25) is 5.91 Å². The fourth-order valence-electron chi connectivity index (χ4n) is 2.35. The second kappa shape index (κ2) is 10.9. The third kappa shape index (κ3) is 9.13. The zero-order valence-electron chi connectivity index (χ0n) is 17.3. The number of nitrogens with zero attached hydrogens (tertiary/aromatic N) is 1. The number of carbonyl (C=O) groups is 3. The molecule has 0 radical (unpaired) electrons. The Hall–Kier alpha value is -3.50. The predicted molar refractivity (Wildman–Crippen MR) is 110 cm³/mol. The van der Waals surface area contributed by atoms with Crippen molar-refractivity contribution in [2.24, 2.45) is 21.9 Å². The SMILES string of the molecule is CC(C)(C)CC(=O)N[C@@H](CNC(=O)c1ccc(OCCN=C(N)N)cc1O)C(=O)O. The molecule has 0 saturated heterocycles. The molecule has 30 heavy (non-hydrogen) atoms. The molecule has 0 fully saturated rings. The first-order valence-electron chi connectivity index (χ1n) is 9.20. The van der Waals surface area contributed by atoms with Crippen LogP contribution in [0.15, 0.2) is 23.2 Å². The van der Waals surface area contributed by atoms with Crippen LogP contribution in [0.3, 0.4) is 0 Å². The van der Waals surface area contributed by atoms with E-state index in [1.165, 1.54) is 18.2 Å². The molecule has 1 rings (SSSR count). The molecule has 0 spiro atoms. The Morgan fingerprint density at radius 3 is 2.43 bits per heavy atom. The Balaban J connectivity index is 2.66. The summed E-state index contributed by atoms with van der Waals surface area (Å²) in [6, 6.07) is 2.73. The largest absolute Gasteiger partial charge is 0.507 e. The van der Waals surface area contributed by atoms with Gasteiger partial charge in [-0.25, -0.2) is 4.79 Å². The van der Waals surface area contributed by atoms with Crippen LogP contribution in [0.1, 0.15) is 37.6 Å². The number of phenolic OH excluding ortho intramolecular Hbond substituents is 1. The molecule has 11 nitrogen and oxygen atoms in total. The standard InChI is InChI=1S/C19H29N5O6/c1-19(2,3)9-15(26)24-13(17(28)29)10-23-16(27)12-5-4-11(8-14(12)25)30-7-6-22-18(20)21/h4-5,8,13,25H,6-7,9-10H2,1-3H3,(H,23,27)(H,24,26)(H,28,29)(H4,20,21,22)/t13-/m0/s1. The molecule has 1 aromatic rings.